The first kappa shape index (κ1) is 26.4. The van der Waals surface area contributed by atoms with Gasteiger partial charge in [-0.2, -0.15) is 0 Å². The van der Waals surface area contributed by atoms with Gasteiger partial charge in [0, 0.05) is 35.6 Å². The monoisotopic (exact) mass is 557 g/mol. The molecule has 9 nitrogen and oxygen atoms in total. The van der Waals surface area contributed by atoms with E-state index >= 15 is 0 Å². The van der Waals surface area contributed by atoms with Crippen LogP contribution in [-0.4, -0.2) is 52.5 Å². The van der Waals surface area contributed by atoms with Gasteiger partial charge < -0.3 is 19.5 Å². The molecule has 204 valence electrons. The van der Waals surface area contributed by atoms with Crippen LogP contribution in [0.25, 0.3) is 20.7 Å². The Balaban J connectivity index is 1.69. The molecule has 0 aliphatic carbocycles. The van der Waals surface area contributed by atoms with Gasteiger partial charge in [0.2, 0.25) is 0 Å². The predicted octanol–water partition coefficient (Wildman–Crippen LogP) is 4.55. The van der Waals surface area contributed by atoms with Crippen molar-refractivity contribution in [1.29, 1.82) is 0 Å². The maximum atomic E-state index is 14.5. The van der Waals surface area contributed by atoms with E-state index in [1.807, 2.05) is 0 Å². The van der Waals surface area contributed by atoms with Gasteiger partial charge in [-0.15, -0.1) is 11.3 Å². The number of methoxy groups -OCH3 is 2. The summed E-state index contributed by atoms with van der Waals surface area (Å²) in [5, 5.41) is 9.30. The normalized spacial score (nSPS) is 14.1. The molecule has 39 heavy (non-hydrogen) atoms. The second-order valence-electron chi connectivity index (χ2n) is 9.18. The van der Waals surface area contributed by atoms with Gasteiger partial charge in [-0.05, 0) is 48.7 Å². The quantitative estimate of drug-likeness (QED) is 0.373. The third kappa shape index (κ3) is 4.87. The zero-order chi connectivity index (χ0) is 27.8. The number of ether oxygens (including phenoxy) is 2. The largest absolute Gasteiger partial charge is 0.496 e. The predicted molar refractivity (Wildman–Crippen MR) is 142 cm³/mol. The minimum Gasteiger partial charge on any atom is -0.496 e. The molecule has 0 spiro atoms. The Morgan fingerprint density at radius 3 is 2.38 bits per heavy atom. The number of fused-ring (bicyclic) bond motifs is 1. The van der Waals surface area contributed by atoms with E-state index in [2.05, 4.69) is 0 Å². The van der Waals surface area contributed by atoms with Crippen molar-refractivity contribution < 1.29 is 28.2 Å². The molecule has 1 amide bonds. The molecule has 5 rings (SSSR count). The summed E-state index contributed by atoms with van der Waals surface area (Å²) in [7, 11) is 2.77. The van der Waals surface area contributed by atoms with E-state index in [9.17, 15) is 28.3 Å². The van der Waals surface area contributed by atoms with Crippen LogP contribution in [0.5, 0.6) is 11.5 Å². The SMILES string of the molecule is COc1ccc(Cn2c(=O)n(C3CCN(C(=O)O)CC3)c(=O)c3sc(-c4ccc(F)cc4OC)cc32)cc1F. The van der Waals surface area contributed by atoms with E-state index in [0.717, 1.165) is 11.3 Å². The molecule has 2 aromatic carbocycles. The molecule has 2 aromatic heterocycles. The third-order valence-electron chi connectivity index (χ3n) is 6.94. The molecule has 0 radical (unpaired) electrons. The minimum atomic E-state index is -1.05. The van der Waals surface area contributed by atoms with Crippen molar-refractivity contribution in [2.75, 3.05) is 27.3 Å². The van der Waals surface area contributed by atoms with Crippen molar-refractivity contribution in [1.82, 2.24) is 14.0 Å². The molecule has 1 aliphatic rings. The average Bonchev–Trinajstić information content (AvgIpc) is 3.37. The lowest BCUT2D eigenvalue weighted by atomic mass is 10.1. The zero-order valence-electron chi connectivity index (χ0n) is 21.1. The maximum Gasteiger partial charge on any atom is 0.407 e. The van der Waals surface area contributed by atoms with Gasteiger partial charge in [0.25, 0.3) is 5.56 Å². The Hall–Kier alpha value is -4.19. The maximum absolute atomic E-state index is 14.5. The Labute approximate surface area is 225 Å². The van der Waals surface area contributed by atoms with Crippen LogP contribution in [0, 0.1) is 11.6 Å². The standard InChI is InChI=1S/C27H25F2N3O6S/c1-37-21-6-3-15(11-19(21)29)14-31-20-13-23(18-5-4-16(28)12-22(18)38-2)39-24(20)25(33)32(26(31)34)17-7-9-30(10-8-17)27(35)36/h3-6,11-13,17H,7-10,14H2,1-2H3,(H,35,36). The van der Waals surface area contributed by atoms with Crippen molar-refractivity contribution >= 4 is 27.6 Å². The van der Waals surface area contributed by atoms with Crippen LogP contribution in [0.1, 0.15) is 24.4 Å². The lowest BCUT2D eigenvalue weighted by Gasteiger charge is -2.30. The topological polar surface area (TPSA) is 103 Å². The van der Waals surface area contributed by atoms with Crippen LogP contribution < -0.4 is 20.7 Å². The summed E-state index contributed by atoms with van der Waals surface area (Å²) in [6.45, 7) is 0.355. The first-order chi connectivity index (χ1) is 18.7. The van der Waals surface area contributed by atoms with Gasteiger partial charge in [-0.1, -0.05) is 6.07 Å². The van der Waals surface area contributed by atoms with Crippen LogP contribution in [-0.2, 0) is 6.54 Å². The number of nitrogens with zero attached hydrogens (tertiary/aromatic N) is 3. The highest BCUT2D eigenvalue weighted by Crippen LogP contribution is 2.38. The summed E-state index contributed by atoms with van der Waals surface area (Å²) in [5.74, 6) is -0.734. The van der Waals surface area contributed by atoms with E-state index in [0.29, 0.717) is 39.1 Å². The first-order valence-corrected chi connectivity index (χ1v) is 13.0. The lowest BCUT2D eigenvalue weighted by molar-refractivity contribution is 0.124. The van der Waals surface area contributed by atoms with Crippen LogP contribution in [0.15, 0.2) is 52.1 Å². The zero-order valence-corrected chi connectivity index (χ0v) is 22.0. The Bertz CT molecular complexity index is 1690. The molecular weight excluding hydrogens is 532 g/mol. The number of benzene rings is 2. The molecule has 1 N–H and O–H groups in total. The van der Waals surface area contributed by atoms with Gasteiger partial charge in [-0.3, -0.25) is 13.9 Å². The van der Waals surface area contributed by atoms with Gasteiger partial charge in [0.1, 0.15) is 16.3 Å². The number of carboxylic acid groups (broad SMARTS) is 1. The van der Waals surface area contributed by atoms with E-state index in [4.69, 9.17) is 9.47 Å². The van der Waals surface area contributed by atoms with Crippen molar-refractivity contribution in [3.05, 3.63) is 80.5 Å². The highest BCUT2D eigenvalue weighted by atomic mass is 32.1. The number of aromatic nitrogens is 2. The third-order valence-corrected chi connectivity index (χ3v) is 8.08. The summed E-state index contributed by atoms with van der Waals surface area (Å²) >= 11 is 1.14. The summed E-state index contributed by atoms with van der Waals surface area (Å²) in [6, 6.07) is 9.61. The molecule has 0 unspecified atom stereocenters. The van der Waals surface area contributed by atoms with Gasteiger partial charge >= 0.3 is 11.8 Å². The average molecular weight is 558 g/mol. The number of amides is 1. The highest BCUT2D eigenvalue weighted by Gasteiger charge is 2.28. The van der Waals surface area contributed by atoms with E-state index in [1.165, 1.54) is 52.5 Å². The molecule has 3 heterocycles. The molecule has 1 aliphatic heterocycles. The molecule has 12 heteroatoms. The van der Waals surface area contributed by atoms with Gasteiger partial charge in [0.05, 0.1) is 26.3 Å². The molecule has 4 aromatic rings. The van der Waals surface area contributed by atoms with Gasteiger partial charge in [0.15, 0.2) is 11.6 Å². The minimum absolute atomic E-state index is 0.0266. The fourth-order valence-electron chi connectivity index (χ4n) is 4.95. The van der Waals surface area contributed by atoms with Crippen LogP contribution in [0.2, 0.25) is 0 Å². The van der Waals surface area contributed by atoms with Crippen molar-refractivity contribution in [3.8, 4) is 21.9 Å². The molecular formula is C27H25F2N3O6S. The molecule has 1 saturated heterocycles. The number of rotatable bonds is 6. The fraction of sp³-hybridized carbons (Fsp3) is 0.296. The molecule has 1 fully saturated rings. The Morgan fingerprint density at radius 2 is 1.74 bits per heavy atom. The number of piperidine rings is 1. The number of halogens is 2. The summed E-state index contributed by atoms with van der Waals surface area (Å²) < 4.78 is 41.6. The lowest BCUT2D eigenvalue weighted by Crippen LogP contribution is -2.46. The Morgan fingerprint density at radius 1 is 1.03 bits per heavy atom. The smallest absolute Gasteiger partial charge is 0.407 e. The molecule has 0 bridgehead atoms. The van der Waals surface area contributed by atoms with Crippen molar-refractivity contribution in [2.45, 2.75) is 25.4 Å². The number of hydrogen-bond donors (Lipinski definition) is 1. The second-order valence-corrected chi connectivity index (χ2v) is 10.2. The van der Waals surface area contributed by atoms with E-state index < -0.39 is 35.0 Å². The Kier molecular flexibility index (Phi) is 7.13. The van der Waals surface area contributed by atoms with E-state index in [1.54, 1.807) is 18.2 Å². The summed E-state index contributed by atoms with van der Waals surface area (Å²) in [6.07, 6.45) is -0.450. The number of likely N-dealkylation sites (tertiary alicyclic amines) is 1. The van der Waals surface area contributed by atoms with Crippen LogP contribution >= 0.6 is 11.3 Å². The summed E-state index contributed by atoms with van der Waals surface area (Å²) in [4.78, 5) is 40.8. The van der Waals surface area contributed by atoms with Crippen molar-refractivity contribution in [3.63, 3.8) is 0 Å². The second kappa shape index (κ2) is 10.5. The molecule has 0 atom stereocenters. The highest BCUT2D eigenvalue weighted by molar-refractivity contribution is 7.22. The molecule has 0 saturated carbocycles. The summed E-state index contributed by atoms with van der Waals surface area (Å²) in [5.41, 5.74) is 0.322. The number of thiophene rings is 1. The number of carbonyl (C=O) groups is 1. The number of hydrogen-bond acceptors (Lipinski definition) is 6. The fourth-order valence-corrected chi connectivity index (χ4v) is 6.08. The van der Waals surface area contributed by atoms with Gasteiger partial charge in [-0.25, -0.2) is 18.4 Å². The first-order valence-electron chi connectivity index (χ1n) is 12.1. The van der Waals surface area contributed by atoms with Crippen LogP contribution in [0.4, 0.5) is 13.6 Å². The van der Waals surface area contributed by atoms with E-state index in [-0.39, 0.29) is 31.1 Å². The van der Waals surface area contributed by atoms with Crippen LogP contribution in [0.3, 0.4) is 0 Å². The van der Waals surface area contributed by atoms with Crippen molar-refractivity contribution in [2.24, 2.45) is 0 Å².